The Labute approximate surface area is 107 Å². The number of amides is 1. The molecule has 0 saturated heterocycles. The van der Waals surface area contributed by atoms with Crippen molar-refractivity contribution in [2.75, 3.05) is 13.2 Å². The summed E-state index contributed by atoms with van der Waals surface area (Å²) in [5, 5.41) is 2.55. The van der Waals surface area contributed by atoms with Crippen molar-refractivity contribution in [2.45, 2.75) is 26.7 Å². The predicted octanol–water partition coefficient (Wildman–Crippen LogP) is 2.07. The summed E-state index contributed by atoms with van der Waals surface area (Å²) in [6, 6.07) is 7.24. The molecule has 4 nitrogen and oxygen atoms in total. The largest absolute Gasteiger partial charge is 0.464 e. The first kappa shape index (κ1) is 14.2. The summed E-state index contributed by atoms with van der Waals surface area (Å²) in [5.74, 6) is -0.647. The fraction of sp³-hybridized carbons (Fsp3) is 0.429. The molecular weight excluding hydrogens is 230 g/mol. The van der Waals surface area contributed by atoms with Crippen molar-refractivity contribution < 1.29 is 14.3 Å². The maximum absolute atomic E-state index is 11.8. The minimum Gasteiger partial charge on any atom is -0.464 e. The average molecular weight is 249 g/mol. The van der Waals surface area contributed by atoms with E-state index < -0.39 is 5.97 Å². The molecule has 18 heavy (non-hydrogen) atoms. The van der Waals surface area contributed by atoms with Gasteiger partial charge < -0.3 is 10.1 Å². The van der Waals surface area contributed by atoms with E-state index >= 15 is 0 Å². The monoisotopic (exact) mass is 249 g/mol. The van der Waals surface area contributed by atoms with Crippen molar-refractivity contribution in [3.63, 3.8) is 0 Å². The summed E-state index contributed by atoms with van der Waals surface area (Å²) in [7, 11) is 0. The second kappa shape index (κ2) is 7.48. The van der Waals surface area contributed by atoms with Gasteiger partial charge in [-0.1, -0.05) is 31.5 Å². The van der Waals surface area contributed by atoms with Gasteiger partial charge in [0.2, 0.25) is 0 Å². The van der Waals surface area contributed by atoms with Crippen molar-refractivity contribution in [1.29, 1.82) is 0 Å². The number of aryl methyl sites for hydroxylation is 1. The summed E-state index contributed by atoms with van der Waals surface area (Å²) in [4.78, 5) is 23.1. The Kier molecular flexibility index (Phi) is 5.91. The van der Waals surface area contributed by atoms with Crippen molar-refractivity contribution in [3.8, 4) is 0 Å². The van der Waals surface area contributed by atoms with E-state index in [0.29, 0.717) is 12.2 Å². The molecule has 0 bridgehead atoms. The van der Waals surface area contributed by atoms with Crippen LogP contribution in [0.15, 0.2) is 24.3 Å². The first-order valence-corrected chi connectivity index (χ1v) is 6.14. The van der Waals surface area contributed by atoms with E-state index in [9.17, 15) is 9.59 Å². The van der Waals surface area contributed by atoms with Crippen LogP contribution in [0.1, 0.15) is 35.7 Å². The third-order valence-corrected chi connectivity index (χ3v) is 2.54. The quantitative estimate of drug-likeness (QED) is 0.620. The Morgan fingerprint density at radius 3 is 2.67 bits per heavy atom. The second-order valence-corrected chi connectivity index (χ2v) is 4.07. The lowest BCUT2D eigenvalue weighted by molar-refractivity contribution is -0.142. The zero-order valence-corrected chi connectivity index (χ0v) is 10.9. The normalized spacial score (nSPS) is 9.89. The number of rotatable bonds is 6. The van der Waals surface area contributed by atoms with Crippen LogP contribution in [0, 0.1) is 6.92 Å². The highest BCUT2D eigenvalue weighted by Gasteiger charge is 2.10. The van der Waals surface area contributed by atoms with Crippen LogP contribution in [0.25, 0.3) is 0 Å². The first-order chi connectivity index (χ1) is 8.65. The second-order valence-electron chi connectivity index (χ2n) is 4.07. The van der Waals surface area contributed by atoms with E-state index in [-0.39, 0.29) is 12.5 Å². The molecule has 1 amide bonds. The molecule has 98 valence electrons. The van der Waals surface area contributed by atoms with Crippen LogP contribution in [-0.2, 0) is 9.53 Å². The van der Waals surface area contributed by atoms with E-state index in [4.69, 9.17) is 4.74 Å². The lowest BCUT2D eigenvalue weighted by atomic mass is 10.1. The van der Waals surface area contributed by atoms with Gasteiger partial charge in [-0.15, -0.1) is 0 Å². The number of benzene rings is 1. The van der Waals surface area contributed by atoms with Gasteiger partial charge in [-0.25, -0.2) is 0 Å². The van der Waals surface area contributed by atoms with Crippen LogP contribution in [0.4, 0.5) is 0 Å². The number of hydrogen-bond acceptors (Lipinski definition) is 3. The molecular formula is C14H19NO3. The molecule has 0 heterocycles. The number of nitrogens with one attached hydrogen (secondary N) is 1. The average Bonchev–Trinajstić information content (AvgIpc) is 2.37. The van der Waals surface area contributed by atoms with E-state index in [2.05, 4.69) is 5.32 Å². The maximum atomic E-state index is 11.8. The zero-order chi connectivity index (χ0) is 13.4. The minimum atomic E-state index is -0.398. The van der Waals surface area contributed by atoms with Gasteiger partial charge in [-0.3, -0.25) is 9.59 Å². The maximum Gasteiger partial charge on any atom is 0.325 e. The lowest BCUT2D eigenvalue weighted by Gasteiger charge is -2.07. The van der Waals surface area contributed by atoms with Gasteiger partial charge in [0.25, 0.3) is 5.91 Å². The minimum absolute atomic E-state index is 0.0864. The molecule has 1 rings (SSSR count). The third-order valence-electron chi connectivity index (χ3n) is 2.54. The van der Waals surface area contributed by atoms with Crippen LogP contribution in [0.2, 0.25) is 0 Å². The summed E-state index contributed by atoms with van der Waals surface area (Å²) in [6.07, 6.45) is 1.82. The molecule has 1 N–H and O–H groups in total. The Balaban J connectivity index is 2.38. The number of esters is 1. The topological polar surface area (TPSA) is 55.4 Å². The fourth-order valence-corrected chi connectivity index (χ4v) is 1.46. The molecule has 0 atom stereocenters. The first-order valence-electron chi connectivity index (χ1n) is 6.14. The predicted molar refractivity (Wildman–Crippen MR) is 69.4 cm³/mol. The molecule has 0 saturated carbocycles. The fourth-order valence-electron chi connectivity index (χ4n) is 1.46. The Morgan fingerprint density at radius 1 is 1.28 bits per heavy atom. The number of unbranched alkanes of at least 4 members (excludes halogenated alkanes) is 1. The van der Waals surface area contributed by atoms with Crippen molar-refractivity contribution in [1.82, 2.24) is 5.32 Å². The van der Waals surface area contributed by atoms with Gasteiger partial charge in [0.1, 0.15) is 6.54 Å². The van der Waals surface area contributed by atoms with Gasteiger partial charge in [-0.05, 0) is 25.0 Å². The van der Waals surface area contributed by atoms with Crippen LogP contribution < -0.4 is 5.32 Å². The number of carbonyl (C=O) groups is 2. The summed E-state index contributed by atoms with van der Waals surface area (Å²) in [6.45, 7) is 4.20. The van der Waals surface area contributed by atoms with Crippen LogP contribution >= 0.6 is 0 Å². The van der Waals surface area contributed by atoms with Gasteiger partial charge in [0.05, 0.1) is 6.61 Å². The Morgan fingerprint density at radius 2 is 2.00 bits per heavy atom. The molecule has 0 aliphatic heterocycles. The zero-order valence-electron chi connectivity index (χ0n) is 10.9. The highest BCUT2D eigenvalue weighted by Crippen LogP contribution is 2.06. The lowest BCUT2D eigenvalue weighted by Crippen LogP contribution is -2.31. The smallest absolute Gasteiger partial charge is 0.325 e. The van der Waals surface area contributed by atoms with Crippen molar-refractivity contribution in [3.05, 3.63) is 35.4 Å². The molecule has 4 heteroatoms. The van der Waals surface area contributed by atoms with Crippen molar-refractivity contribution >= 4 is 11.9 Å². The molecule has 0 aromatic heterocycles. The molecule has 0 spiro atoms. The Bertz CT molecular complexity index is 415. The molecule has 1 aromatic carbocycles. The standard InChI is InChI=1S/C14H19NO3/c1-3-4-9-18-13(16)10-15-14(17)12-8-6-5-7-11(12)2/h5-8H,3-4,9-10H2,1-2H3,(H,15,17). The van der Waals surface area contributed by atoms with E-state index in [1.807, 2.05) is 26.0 Å². The summed E-state index contributed by atoms with van der Waals surface area (Å²) >= 11 is 0. The van der Waals surface area contributed by atoms with E-state index in [1.165, 1.54) is 0 Å². The Hall–Kier alpha value is -1.84. The molecule has 0 fully saturated rings. The van der Waals surface area contributed by atoms with Crippen LogP contribution in [0.3, 0.4) is 0 Å². The molecule has 0 radical (unpaired) electrons. The van der Waals surface area contributed by atoms with Crippen LogP contribution in [-0.4, -0.2) is 25.0 Å². The number of carbonyl (C=O) groups excluding carboxylic acids is 2. The molecule has 1 aromatic rings. The molecule has 0 aliphatic carbocycles. The number of ether oxygens (including phenoxy) is 1. The van der Waals surface area contributed by atoms with Gasteiger partial charge in [0, 0.05) is 5.56 Å². The molecule has 0 aliphatic rings. The van der Waals surface area contributed by atoms with Gasteiger partial charge in [-0.2, -0.15) is 0 Å². The van der Waals surface area contributed by atoms with Crippen LogP contribution in [0.5, 0.6) is 0 Å². The number of hydrogen-bond donors (Lipinski definition) is 1. The van der Waals surface area contributed by atoms with Gasteiger partial charge >= 0.3 is 5.97 Å². The molecule has 0 unspecified atom stereocenters. The van der Waals surface area contributed by atoms with Crippen molar-refractivity contribution in [2.24, 2.45) is 0 Å². The highest BCUT2D eigenvalue weighted by atomic mass is 16.5. The SMILES string of the molecule is CCCCOC(=O)CNC(=O)c1ccccc1C. The van der Waals surface area contributed by atoms with E-state index in [1.54, 1.807) is 12.1 Å². The highest BCUT2D eigenvalue weighted by molar-refractivity contribution is 5.97. The summed E-state index contributed by atoms with van der Waals surface area (Å²) in [5.41, 5.74) is 1.47. The van der Waals surface area contributed by atoms with Gasteiger partial charge in [0.15, 0.2) is 0 Å². The summed E-state index contributed by atoms with van der Waals surface area (Å²) < 4.78 is 4.95. The third kappa shape index (κ3) is 4.57. The van der Waals surface area contributed by atoms with E-state index in [0.717, 1.165) is 18.4 Å².